The molecule has 0 saturated heterocycles. The number of carbonyl (C=O) groups is 1. The minimum absolute atomic E-state index is 0.0856. The van der Waals surface area contributed by atoms with E-state index in [4.69, 9.17) is 9.47 Å². The van der Waals surface area contributed by atoms with E-state index in [0.717, 1.165) is 4.90 Å². The zero-order valence-corrected chi connectivity index (χ0v) is 17.7. The topological polar surface area (TPSA) is 84.9 Å². The van der Waals surface area contributed by atoms with Gasteiger partial charge in [-0.1, -0.05) is 6.92 Å². The van der Waals surface area contributed by atoms with E-state index in [0.29, 0.717) is 29.4 Å². The number of nitrogens with one attached hydrogen (secondary N) is 1. The molecule has 28 heavy (non-hydrogen) atoms. The maximum absolute atomic E-state index is 12.9. The molecule has 3 rings (SSSR count). The smallest absolute Gasteiger partial charge is 0.261 e. The Kier molecular flexibility index (Phi) is 5.76. The van der Waals surface area contributed by atoms with Gasteiger partial charge < -0.3 is 14.4 Å². The first-order valence-electron chi connectivity index (χ1n) is 8.59. The second kappa shape index (κ2) is 7.92. The Morgan fingerprint density at radius 1 is 1.14 bits per heavy atom. The van der Waals surface area contributed by atoms with E-state index in [1.165, 1.54) is 21.1 Å². The molecule has 0 spiro atoms. The van der Waals surface area contributed by atoms with Gasteiger partial charge in [0.25, 0.3) is 10.0 Å². The van der Waals surface area contributed by atoms with Crippen LogP contribution < -0.4 is 19.1 Å². The fourth-order valence-corrected chi connectivity index (χ4v) is 5.16. The number of methoxy groups -OCH3 is 2. The third-order valence-electron chi connectivity index (χ3n) is 4.32. The van der Waals surface area contributed by atoms with Crippen molar-refractivity contribution in [1.82, 2.24) is 0 Å². The standard InChI is InChI=1S/C19H22N2O5S2/c1-12-11-21(13(2)22)16-10-15(6-8-19(16)27-12)28(23,24)20-14-5-7-17(25-3)18(9-14)26-4/h5-10,12,20H,11H2,1-4H3/t12-/m1/s1. The average molecular weight is 423 g/mol. The normalized spacial score (nSPS) is 16.3. The first-order valence-corrected chi connectivity index (χ1v) is 10.9. The van der Waals surface area contributed by atoms with Crippen molar-refractivity contribution in [2.75, 3.05) is 30.4 Å². The molecule has 1 atom stereocenters. The van der Waals surface area contributed by atoms with Crippen LogP contribution in [0.15, 0.2) is 46.2 Å². The van der Waals surface area contributed by atoms with E-state index in [-0.39, 0.29) is 16.1 Å². The second-order valence-electron chi connectivity index (χ2n) is 6.36. The minimum atomic E-state index is -3.85. The highest BCUT2D eigenvalue weighted by molar-refractivity contribution is 8.00. The van der Waals surface area contributed by atoms with Crippen LogP contribution in [0.5, 0.6) is 11.5 Å². The van der Waals surface area contributed by atoms with Gasteiger partial charge in [0.15, 0.2) is 11.5 Å². The van der Waals surface area contributed by atoms with Gasteiger partial charge in [-0.25, -0.2) is 8.42 Å². The molecule has 0 unspecified atom stereocenters. The zero-order chi connectivity index (χ0) is 20.5. The van der Waals surface area contributed by atoms with Crippen molar-refractivity contribution in [3.05, 3.63) is 36.4 Å². The number of ether oxygens (including phenoxy) is 2. The fourth-order valence-electron chi connectivity index (χ4n) is 3.00. The summed E-state index contributed by atoms with van der Waals surface area (Å²) < 4.78 is 38.7. The molecule has 0 radical (unpaired) electrons. The van der Waals surface area contributed by atoms with Crippen LogP contribution in [-0.2, 0) is 14.8 Å². The molecule has 9 heteroatoms. The molecule has 2 aromatic rings. The van der Waals surface area contributed by atoms with Gasteiger partial charge >= 0.3 is 0 Å². The molecule has 1 amide bonds. The summed E-state index contributed by atoms with van der Waals surface area (Å²) in [5.41, 5.74) is 0.965. The third kappa shape index (κ3) is 4.05. The van der Waals surface area contributed by atoms with E-state index in [9.17, 15) is 13.2 Å². The molecule has 150 valence electrons. The quantitative estimate of drug-likeness (QED) is 0.795. The lowest BCUT2D eigenvalue weighted by Crippen LogP contribution is -2.37. The highest BCUT2D eigenvalue weighted by Crippen LogP contribution is 2.40. The Morgan fingerprint density at radius 2 is 1.86 bits per heavy atom. The van der Waals surface area contributed by atoms with E-state index in [1.807, 2.05) is 6.92 Å². The minimum Gasteiger partial charge on any atom is -0.493 e. The second-order valence-corrected chi connectivity index (χ2v) is 9.53. The Morgan fingerprint density at radius 3 is 2.50 bits per heavy atom. The summed E-state index contributed by atoms with van der Waals surface area (Å²) >= 11 is 1.63. The Labute approximate surface area is 169 Å². The molecule has 7 nitrogen and oxygen atoms in total. The van der Waals surface area contributed by atoms with E-state index in [1.54, 1.807) is 53.1 Å². The highest BCUT2D eigenvalue weighted by atomic mass is 32.2. The zero-order valence-electron chi connectivity index (χ0n) is 16.1. The van der Waals surface area contributed by atoms with E-state index < -0.39 is 10.0 Å². The number of nitrogens with zero attached hydrogens (tertiary/aromatic N) is 1. The largest absolute Gasteiger partial charge is 0.493 e. The van der Waals surface area contributed by atoms with Crippen LogP contribution in [0.2, 0.25) is 0 Å². The number of sulfonamides is 1. The Bertz CT molecular complexity index is 1010. The molecule has 0 saturated carbocycles. The van der Waals surface area contributed by atoms with Gasteiger partial charge in [0.2, 0.25) is 5.91 Å². The number of amides is 1. The maximum Gasteiger partial charge on any atom is 0.261 e. The molecule has 1 aliphatic rings. The molecule has 0 fully saturated rings. The van der Waals surface area contributed by atoms with Gasteiger partial charge in [-0.2, -0.15) is 0 Å². The number of fused-ring (bicyclic) bond motifs is 1. The molecule has 1 aliphatic heterocycles. The van der Waals surface area contributed by atoms with Gasteiger partial charge in [0.05, 0.1) is 30.5 Å². The van der Waals surface area contributed by atoms with Crippen molar-refractivity contribution in [2.24, 2.45) is 0 Å². The number of hydrogen-bond acceptors (Lipinski definition) is 6. The number of benzene rings is 2. The summed E-state index contributed by atoms with van der Waals surface area (Å²) in [4.78, 5) is 14.6. The van der Waals surface area contributed by atoms with Crippen LogP contribution in [0, 0.1) is 0 Å². The molecule has 0 bridgehead atoms. The van der Waals surface area contributed by atoms with Crippen LogP contribution >= 0.6 is 11.8 Å². The van der Waals surface area contributed by atoms with Crippen molar-refractivity contribution in [3.63, 3.8) is 0 Å². The first kappa shape index (κ1) is 20.3. The maximum atomic E-state index is 12.9. The number of hydrogen-bond donors (Lipinski definition) is 1. The lowest BCUT2D eigenvalue weighted by molar-refractivity contribution is -0.116. The van der Waals surface area contributed by atoms with Crippen LogP contribution in [0.3, 0.4) is 0 Å². The molecular formula is C19H22N2O5S2. The van der Waals surface area contributed by atoms with Gasteiger partial charge in [-0.05, 0) is 30.3 Å². The number of carbonyl (C=O) groups excluding carboxylic acids is 1. The van der Waals surface area contributed by atoms with Crippen molar-refractivity contribution < 1.29 is 22.7 Å². The Hall–Kier alpha value is -2.39. The van der Waals surface area contributed by atoms with E-state index >= 15 is 0 Å². The predicted octanol–water partition coefficient (Wildman–Crippen LogP) is 3.35. The summed E-state index contributed by atoms with van der Waals surface area (Å²) in [7, 11) is -0.858. The van der Waals surface area contributed by atoms with Crippen LogP contribution in [0.4, 0.5) is 11.4 Å². The highest BCUT2D eigenvalue weighted by Gasteiger charge is 2.27. The van der Waals surface area contributed by atoms with Gasteiger partial charge in [0, 0.05) is 29.7 Å². The number of anilines is 2. The first-order chi connectivity index (χ1) is 13.2. The average Bonchev–Trinajstić information content (AvgIpc) is 2.66. The van der Waals surface area contributed by atoms with E-state index in [2.05, 4.69) is 4.72 Å². The molecule has 1 N–H and O–H groups in total. The van der Waals surface area contributed by atoms with Crippen molar-refractivity contribution in [3.8, 4) is 11.5 Å². The molecular weight excluding hydrogens is 400 g/mol. The molecule has 0 aromatic heterocycles. The lowest BCUT2D eigenvalue weighted by Gasteiger charge is -2.32. The monoisotopic (exact) mass is 422 g/mol. The van der Waals surface area contributed by atoms with Gasteiger partial charge in [0.1, 0.15) is 0 Å². The van der Waals surface area contributed by atoms with Crippen LogP contribution in [0.1, 0.15) is 13.8 Å². The summed E-state index contributed by atoms with van der Waals surface area (Å²) in [6, 6.07) is 9.60. The molecule has 2 aromatic carbocycles. The SMILES string of the molecule is COc1ccc(NS(=O)(=O)c2ccc3c(c2)N(C(C)=O)C[C@@H](C)S3)cc1OC. The summed E-state index contributed by atoms with van der Waals surface area (Å²) in [5.74, 6) is 0.805. The van der Waals surface area contributed by atoms with Crippen LogP contribution in [0.25, 0.3) is 0 Å². The van der Waals surface area contributed by atoms with Crippen molar-refractivity contribution in [1.29, 1.82) is 0 Å². The molecule has 1 heterocycles. The predicted molar refractivity (Wildman–Crippen MR) is 110 cm³/mol. The van der Waals surface area contributed by atoms with Crippen molar-refractivity contribution in [2.45, 2.75) is 28.9 Å². The van der Waals surface area contributed by atoms with Gasteiger partial charge in [-0.15, -0.1) is 11.8 Å². The summed E-state index contributed by atoms with van der Waals surface area (Å²) in [6.45, 7) is 4.06. The Balaban J connectivity index is 1.95. The van der Waals surface area contributed by atoms with Crippen molar-refractivity contribution >= 4 is 39.1 Å². The third-order valence-corrected chi connectivity index (χ3v) is 6.84. The van der Waals surface area contributed by atoms with Gasteiger partial charge in [-0.3, -0.25) is 9.52 Å². The van der Waals surface area contributed by atoms with Crippen LogP contribution in [-0.4, -0.2) is 40.3 Å². The molecule has 0 aliphatic carbocycles. The summed E-state index contributed by atoms with van der Waals surface area (Å²) in [6.07, 6.45) is 0. The number of rotatable bonds is 5. The lowest BCUT2D eigenvalue weighted by atomic mass is 10.2. The number of thioether (sulfide) groups is 1. The summed E-state index contributed by atoms with van der Waals surface area (Å²) in [5, 5.41) is 0.240. The fraction of sp³-hybridized carbons (Fsp3) is 0.316.